The van der Waals surface area contributed by atoms with Crippen LogP contribution in [0.1, 0.15) is 40.2 Å². The van der Waals surface area contributed by atoms with E-state index in [1.54, 1.807) is 6.07 Å². The van der Waals surface area contributed by atoms with Crippen molar-refractivity contribution in [1.82, 2.24) is 9.62 Å². The molecule has 1 fully saturated rings. The number of amides is 1. The lowest BCUT2D eigenvalue weighted by Crippen LogP contribution is -2.40. The molecule has 0 spiro atoms. The van der Waals surface area contributed by atoms with E-state index in [0.717, 1.165) is 22.7 Å². The van der Waals surface area contributed by atoms with Crippen molar-refractivity contribution in [2.75, 3.05) is 37.7 Å². The Kier molecular flexibility index (Phi) is 8.53. The first-order chi connectivity index (χ1) is 20.7. The summed E-state index contributed by atoms with van der Waals surface area (Å²) in [6.07, 6.45) is 1.98. The third-order valence-corrected chi connectivity index (χ3v) is 10.8. The predicted molar refractivity (Wildman–Crippen MR) is 161 cm³/mol. The molecule has 1 aliphatic heterocycles. The van der Waals surface area contributed by atoms with Crippen LogP contribution in [0.4, 0.5) is 18.9 Å². The van der Waals surface area contributed by atoms with E-state index >= 15 is 0 Å². The Bertz CT molecular complexity index is 1960. The van der Waals surface area contributed by atoms with Gasteiger partial charge in [-0.05, 0) is 72.4 Å². The molecule has 1 aromatic heterocycles. The summed E-state index contributed by atoms with van der Waals surface area (Å²) < 4.78 is 101. The van der Waals surface area contributed by atoms with E-state index in [2.05, 4.69) is 5.32 Å². The Morgan fingerprint density at radius 2 is 1.73 bits per heavy atom. The minimum Gasteiger partial charge on any atom is -0.455 e. The van der Waals surface area contributed by atoms with Crippen LogP contribution in [0.15, 0.2) is 59.0 Å². The van der Waals surface area contributed by atoms with Gasteiger partial charge in [0.15, 0.2) is 11.6 Å². The number of hydrogen-bond acceptors (Lipinski definition) is 6. The zero-order valence-corrected chi connectivity index (χ0v) is 25.7. The molecule has 14 heteroatoms. The standard InChI is InChI=1S/C30H30F3N3O6S2/c1-34-30(37)28-23-14-22(20-5-4-12-36(16-20)44(40,41)17-18-6-11-24(32)25(33)13-18)26(35(2)43(3,38)39)15-27(23)42-29(28)19-7-9-21(31)10-8-19/h6-11,13-15,20H,4-5,12,16-17H2,1-3H3,(H,34,37)/t20-/m0/s1. The second kappa shape index (κ2) is 11.9. The highest BCUT2D eigenvalue weighted by Crippen LogP contribution is 2.42. The molecule has 0 aliphatic carbocycles. The van der Waals surface area contributed by atoms with Crippen LogP contribution in [0.2, 0.25) is 0 Å². The van der Waals surface area contributed by atoms with Gasteiger partial charge in [0.2, 0.25) is 20.0 Å². The average molecular weight is 650 g/mol. The Balaban J connectivity index is 1.62. The highest BCUT2D eigenvalue weighted by molar-refractivity contribution is 7.92. The van der Waals surface area contributed by atoms with E-state index < -0.39 is 55.1 Å². The number of nitrogens with zero attached hydrogens (tertiary/aromatic N) is 2. The average Bonchev–Trinajstić information content (AvgIpc) is 3.36. The maximum Gasteiger partial charge on any atom is 0.255 e. The molecule has 1 atom stereocenters. The summed E-state index contributed by atoms with van der Waals surface area (Å²) in [6, 6.07) is 11.4. The van der Waals surface area contributed by atoms with Crippen LogP contribution in [0, 0.1) is 17.5 Å². The summed E-state index contributed by atoms with van der Waals surface area (Å²) in [5, 5.41) is 2.95. The molecule has 0 unspecified atom stereocenters. The van der Waals surface area contributed by atoms with Gasteiger partial charge in [0.25, 0.3) is 5.91 Å². The summed E-state index contributed by atoms with van der Waals surface area (Å²) >= 11 is 0. The molecule has 1 amide bonds. The zero-order chi connectivity index (χ0) is 32.0. The number of carbonyl (C=O) groups excluding carboxylic acids is 1. The molecule has 44 heavy (non-hydrogen) atoms. The highest BCUT2D eigenvalue weighted by atomic mass is 32.2. The van der Waals surface area contributed by atoms with Crippen LogP contribution >= 0.6 is 0 Å². The predicted octanol–water partition coefficient (Wildman–Crippen LogP) is 4.98. The second-order valence-corrected chi connectivity index (χ2v) is 14.7. The number of piperidine rings is 1. The van der Waals surface area contributed by atoms with Crippen LogP contribution < -0.4 is 9.62 Å². The Morgan fingerprint density at radius 1 is 1.02 bits per heavy atom. The van der Waals surface area contributed by atoms with Crippen molar-refractivity contribution < 1.29 is 39.2 Å². The number of sulfonamides is 2. The molecule has 0 saturated carbocycles. The maximum atomic E-state index is 13.8. The summed E-state index contributed by atoms with van der Waals surface area (Å²) in [5.74, 6) is -4.08. The molecule has 1 N–H and O–H groups in total. The number of hydrogen-bond donors (Lipinski definition) is 1. The second-order valence-electron chi connectivity index (χ2n) is 10.7. The first-order valence-electron chi connectivity index (χ1n) is 13.6. The molecule has 234 valence electrons. The molecule has 9 nitrogen and oxygen atoms in total. The maximum absolute atomic E-state index is 13.8. The van der Waals surface area contributed by atoms with E-state index in [0.29, 0.717) is 29.4 Å². The SMILES string of the molecule is CNC(=O)c1c(-c2ccc(F)cc2)oc2cc(N(C)S(C)(=O)=O)c([C@H]3CCCN(S(=O)(=O)Cc4ccc(F)c(F)c4)C3)cc12. The van der Waals surface area contributed by atoms with Crippen LogP contribution in [0.25, 0.3) is 22.3 Å². The quantitative estimate of drug-likeness (QED) is 0.288. The fourth-order valence-electron chi connectivity index (χ4n) is 5.46. The lowest BCUT2D eigenvalue weighted by Gasteiger charge is -2.34. The summed E-state index contributed by atoms with van der Waals surface area (Å²) in [4.78, 5) is 13.1. The molecule has 5 rings (SSSR count). The molecule has 4 aromatic rings. The van der Waals surface area contributed by atoms with Crippen LogP contribution in [-0.4, -0.2) is 60.5 Å². The number of fused-ring (bicyclic) bond motifs is 1. The Hall–Kier alpha value is -3.88. The largest absolute Gasteiger partial charge is 0.455 e. The van der Waals surface area contributed by atoms with Crippen LogP contribution in [0.5, 0.6) is 0 Å². The molecular formula is C30H30F3N3O6S2. The van der Waals surface area contributed by atoms with Gasteiger partial charge in [-0.25, -0.2) is 34.3 Å². The van der Waals surface area contributed by atoms with Gasteiger partial charge in [0, 0.05) is 44.2 Å². The minimum atomic E-state index is -3.97. The van der Waals surface area contributed by atoms with Gasteiger partial charge in [-0.2, -0.15) is 0 Å². The molecular weight excluding hydrogens is 619 g/mol. The lowest BCUT2D eigenvalue weighted by atomic mass is 9.89. The smallest absolute Gasteiger partial charge is 0.255 e. The van der Waals surface area contributed by atoms with Crippen molar-refractivity contribution in [3.05, 3.63) is 88.7 Å². The van der Waals surface area contributed by atoms with E-state index in [1.807, 2.05) is 0 Å². The van der Waals surface area contributed by atoms with E-state index in [1.165, 1.54) is 54.8 Å². The monoisotopic (exact) mass is 649 g/mol. The molecule has 1 saturated heterocycles. The van der Waals surface area contributed by atoms with E-state index in [4.69, 9.17) is 4.42 Å². The van der Waals surface area contributed by atoms with E-state index in [9.17, 15) is 34.8 Å². The van der Waals surface area contributed by atoms with Crippen molar-refractivity contribution in [2.24, 2.45) is 0 Å². The summed E-state index contributed by atoms with van der Waals surface area (Å²) in [6.45, 7) is 0.173. The molecule has 0 radical (unpaired) electrons. The van der Waals surface area contributed by atoms with Gasteiger partial charge in [-0.15, -0.1) is 0 Å². The molecule has 2 heterocycles. The van der Waals surface area contributed by atoms with Crippen molar-refractivity contribution in [3.8, 4) is 11.3 Å². The first kappa shape index (κ1) is 31.5. The topological polar surface area (TPSA) is 117 Å². The number of benzene rings is 3. The van der Waals surface area contributed by atoms with Crippen molar-refractivity contribution in [3.63, 3.8) is 0 Å². The first-order valence-corrected chi connectivity index (χ1v) is 17.1. The van der Waals surface area contributed by atoms with Crippen LogP contribution in [0.3, 0.4) is 0 Å². The number of halogens is 3. The Morgan fingerprint density at radius 3 is 2.36 bits per heavy atom. The van der Waals surface area contributed by atoms with Crippen molar-refractivity contribution in [1.29, 1.82) is 0 Å². The number of rotatable bonds is 8. The van der Waals surface area contributed by atoms with Gasteiger partial charge in [0.1, 0.15) is 17.2 Å². The van der Waals surface area contributed by atoms with E-state index in [-0.39, 0.29) is 41.2 Å². The third kappa shape index (κ3) is 6.19. The normalized spacial score (nSPS) is 16.3. The fourth-order valence-corrected chi connectivity index (χ4v) is 7.58. The number of carbonyl (C=O) groups is 1. The van der Waals surface area contributed by atoms with Gasteiger partial charge >= 0.3 is 0 Å². The summed E-state index contributed by atoms with van der Waals surface area (Å²) in [7, 11) is -4.95. The Labute approximate surface area is 253 Å². The third-order valence-electron chi connectivity index (χ3n) is 7.78. The highest BCUT2D eigenvalue weighted by Gasteiger charge is 2.34. The van der Waals surface area contributed by atoms with Crippen LogP contribution in [-0.2, 0) is 25.8 Å². The molecule has 3 aromatic carbocycles. The lowest BCUT2D eigenvalue weighted by molar-refractivity contribution is 0.0964. The summed E-state index contributed by atoms with van der Waals surface area (Å²) in [5.41, 5.74) is 1.60. The van der Waals surface area contributed by atoms with Crippen molar-refractivity contribution >= 4 is 42.6 Å². The van der Waals surface area contributed by atoms with Gasteiger partial charge in [0.05, 0.1) is 23.3 Å². The molecule has 1 aliphatic rings. The number of furan rings is 1. The fraction of sp³-hybridized carbons (Fsp3) is 0.300. The van der Waals surface area contributed by atoms with Gasteiger partial charge < -0.3 is 9.73 Å². The van der Waals surface area contributed by atoms with Gasteiger partial charge in [-0.3, -0.25) is 9.10 Å². The van der Waals surface area contributed by atoms with Crippen molar-refractivity contribution in [2.45, 2.75) is 24.5 Å². The minimum absolute atomic E-state index is 0.0138. The van der Waals surface area contributed by atoms with Gasteiger partial charge in [-0.1, -0.05) is 6.07 Å². The zero-order valence-electron chi connectivity index (χ0n) is 24.1. The molecule has 0 bridgehead atoms. The number of nitrogens with one attached hydrogen (secondary N) is 1. The number of anilines is 1.